The van der Waals surface area contributed by atoms with Crippen molar-refractivity contribution < 1.29 is 8.81 Å². The fourth-order valence-electron chi connectivity index (χ4n) is 1.35. The van der Waals surface area contributed by atoms with Gasteiger partial charge in [0.05, 0.1) is 12.9 Å². The van der Waals surface area contributed by atoms with E-state index in [9.17, 15) is 4.39 Å². The van der Waals surface area contributed by atoms with Crippen LogP contribution in [0.15, 0.2) is 34.9 Å². The van der Waals surface area contributed by atoms with E-state index in [0.29, 0.717) is 18.1 Å². The number of aromatic nitrogens is 1. The Bertz CT molecular complexity index is 433. The van der Waals surface area contributed by atoms with E-state index in [1.54, 1.807) is 6.20 Å². The first kappa shape index (κ1) is 9.90. The van der Waals surface area contributed by atoms with Crippen LogP contribution in [0.25, 0.3) is 11.5 Å². The number of hydrogen-bond donors (Lipinski definition) is 0. The maximum absolute atomic E-state index is 12.1. The lowest BCUT2D eigenvalue weighted by molar-refractivity contribution is 0.443. The molecule has 1 heterocycles. The fraction of sp³-hybridized carbons (Fsp3) is 0.250. The van der Waals surface area contributed by atoms with Gasteiger partial charge in [0.25, 0.3) is 0 Å². The van der Waals surface area contributed by atoms with Gasteiger partial charge in [0.15, 0.2) is 0 Å². The van der Waals surface area contributed by atoms with E-state index in [1.807, 2.05) is 31.2 Å². The molecule has 0 amide bonds. The molecule has 0 saturated heterocycles. The van der Waals surface area contributed by atoms with Crippen molar-refractivity contribution in [3.05, 3.63) is 41.8 Å². The molecule has 0 saturated carbocycles. The summed E-state index contributed by atoms with van der Waals surface area (Å²) in [7, 11) is 0. The van der Waals surface area contributed by atoms with Crippen molar-refractivity contribution in [2.24, 2.45) is 0 Å². The number of hydrogen-bond acceptors (Lipinski definition) is 2. The Morgan fingerprint density at radius 3 is 2.67 bits per heavy atom. The summed E-state index contributed by atoms with van der Waals surface area (Å²) in [4.78, 5) is 4.10. The van der Waals surface area contributed by atoms with Crippen LogP contribution in [-0.2, 0) is 6.42 Å². The molecule has 1 aromatic heterocycles. The van der Waals surface area contributed by atoms with Gasteiger partial charge in [0, 0.05) is 12.0 Å². The monoisotopic (exact) mass is 205 g/mol. The van der Waals surface area contributed by atoms with Gasteiger partial charge in [0.2, 0.25) is 5.89 Å². The molecule has 0 unspecified atom stereocenters. The Morgan fingerprint density at radius 2 is 2.00 bits per heavy atom. The average Bonchev–Trinajstić information content (AvgIpc) is 2.68. The topological polar surface area (TPSA) is 26.0 Å². The molecular weight excluding hydrogens is 193 g/mol. The van der Waals surface area contributed by atoms with Crippen LogP contribution >= 0.6 is 0 Å². The zero-order valence-corrected chi connectivity index (χ0v) is 8.53. The molecule has 15 heavy (non-hydrogen) atoms. The molecule has 0 fully saturated rings. The molecule has 0 aliphatic heterocycles. The molecule has 2 aromatic rings. The van der Waals surface area contributed by atoms with Crippen LogP contribution in [0.4, 0.5) is 4.39 Å². The minimum absolute atomic E-state index is 0.291. The predicted molar refractivity (Wildman–Crippen MR) is 56.4 cm³/mol. The van der Waals surface area contributed by atoms with Crippen molar-refractivity contribution in [3.63, 3.8) is 0 Å². The van der Waals surface area contributed by atoms with Gasteiger partial charge in [-0.1, -0.05) is 17.7 Å². The number of benzene rings is 1. The lowest BCUT2D eigenvalue weighted by Crippen LogP contribution is -1.81. The molecular formula is C12H12FNO. The summed E-state index contributed by atoms with van der Waals surface area (Å²) < 4.78 is 17.5. The molecule has 0 atom stereocenters. The average molecular weight is 205 g/mol. The molecule has 2 rings (SSSR count). The number of nitrogens with zero attached hydrogens (tertiary/aromatic N) is 1. The molecule has 0 bridgehead atoms. The Balaban J connectivity index is 2.25. The van der Waals surface area contributed by atoms with E-state index in [-0.39, 0.29) is 0 Å². The molecule has 0 aliphatic rings. The third-order valence-corrected chi connectivity index (χ3v) is 2.19. The lowest BCUT2D eigenvalue weighted by atomic mass is 10.1. The first-order valence-corrected chi connectivity index (χ1v) is 4.87. The Hall–Kier alpha value is -1.64. The van der Waals surface area contributed by atoms with Crippen LogP contribution in [0, 0.1) is 6.92 Å². The van der Waals surface area contributed by atoms with Crippen molar-refractivity contribution in [3.8, 4) is 11.5 Å². The Morgan fingerprint density at radius 1 is 1.27 bits per heavy atom. The second-order valence-electron chi connectivity index (χ2n) is 3.44. The van der Waals surface area contributed by atoms with Gasteiger partial charge in [-0.2, -0.15) is 0 Å². The highest BCUT2D eigenvalue weighted by Gasteiger charge is 2.05. The molecule has 2 nitrogen and oxygen atoms in total. The van der Waals surface area contributed by atoms with Crippen molar-refractivity contribution >= 4 is 0 Å². The number of rotatable bonds is 3. The van der Waals surface area contributed by atoms with E-state index in [2.05, 4.69) is 4.98 Å². The summed E-state index contributed by atoms with van der Waals surface area (Å²) in [5.74, 6) is 1.14. The van der Waals surface area contributed by atoms with Crippen molar-refractivity contribution in [2.45, 2.75) is 13.3 Å². The maximum Gasteiger partial charge on any atom is 0.226 e. The molecule has 0 N–H and O–H groups in total. The number of aryl methyl sites for hydroxylation is 2. The first-order valence-electron chi connectivity index (χ1n) is 4.87. The summed E-state index contributed by atoms with van der Waals surface area (Å²) in [5.41, 5.74) is 2.11. The number of oxazole rings is 1. The van der Waals surface area contributed by atoms with Gasteiger partial charge < -0.3 is 4.42 Å². The summed E-state index contributed by atoms with van der Waals surface area (Å²) in [6.45, 7) is 1.61. The second-order valence-corrected chi connectivity index (χ2v) is 3.44. The Labute approximate surface area is 87.8 Å². The fourth-order valence-corrected chi connectivity index (χ4v) is 1.35. The SMILES string of the molecule is Cc1ccc(-c2ncc(CCF)o2)cc1. The summed E-state index contributed by atoms with van der Waals surface area (Å²) >= 11 is 0. The first-order chi connectivity index (χ1) is 7.29. The van der Waals surface area contributed by atoms with E-state index >= 15 is 0 Å². The van der Waals surface area contributed by atoms with E-state index < -0.39 is 6.67 Å². The summed E-state index contributed by atoms with van der Waals surface area (Å²) in [5, 5.41) is 0. The van der Waals surface area contributed by atoms with Crippen molar-refractivity contribution in [2.75, 3.05) is 6.67 Å². The standard InChI is InChI=1S/C12H12FNO/c1-9-2-4-10(5-3-9)12-14-8-11(15-12)6-7-13/h2-5,8H,6-7H2,1H3. The van der Waals surface area contributed by atoms with Gasteiger partial charge in [-0.25, -0.2) is 4.98 Å². The number of alkyl halides is 1. The second kappa shape index (κ2) is 4.26. The largest absolute Gasteiger partial charge is 0.441 e. The molecule has 0 aliphatic carbocycles. The zero-order chi connectivity index (χ0) is 10.7. The molecule has 3 heteroatoms. The highest BCUT2D eigenvalue weighted by molar-refractivity contribution is 5.53. The predicted octanol–water partition coefficient (Wildman–Crippen LogP) is 3.16. The van der Waals surface area contributed by atoms with Crippen molar-refractivity contribution in [1.82, 2.24) is 4.98 Å². The van der Waals surface area contributed by atoms with Gasteiger partial charge in [0.1, 0.15) is 5.76 Å². The van der Waals surface area contributed by atoms with Crippen LogP contribution in [0.3, 0.4) is 0 Å². The van der Waals surface area contributed by atoms with Crippen LogP contribution in [-0.4, -0.2) is 11.7 Å². The quantitative estimate of drug-likeness (QED) is 0.769. The zero-order valence-electron chi connectivity index (χ0n) is 8.53. The number of halogens is 1. The van der Waals surface area contributed by atoms with Gasteiger partial charge in [-0.15, -0.1) is 0 Å². The van der Waals surface area contributed by atoms with Gasteiger partial charge in [-0.05, 0) is 19.1 Å². The van der Waals surface area contributed by atoms with Crippen LogP contribution < -0.4 is 0 Å². The normalized spacial score (nSPS) is 10.5. The van der Waals surface area contributed by atoms with E-state index in [0.717, 1.165) is 5.56 Å². The minimum atomic E-state index is -0.414. The van der Waals surface area contributed by atoms with Gasteiger partial charge >= 0.3 is 0 Å². The summed E-state index contributed by atoms with van der Waals surface area (Å²) in [6.07, 6.45) is 1.87. The lowest BCUT2D eigenvalue weighted by Gasteiger charge is -1.96. The van der Waals surface area contributed by atoms with Crippen molar-refractivity contribution in [1.29, 1.82) is 0 Å². The highest BCUT2D eigenvalue weighted by atomic mass is 19.1. The van der Waals surface area contributed by atoms with Crippen LogP contribution in [0.1, 0.15) is 11.3 Å². The van der Waals surface area contributed by atoms with Gasteiger partial charge in [-0.3, -0.25) is 4.39 Å². The molecule has 78 valence electrons. The van der Waals surface area contributed by atoms with E-state index in [1.165, 1.54) is 5.56 Å². The maximum atomic E-state index is 12.1. The highest BCUT2D eigenvalue weighted by Crippen LogP contribution is 2.19. The smallest absolute Gasteiger partial charge is 0.226 e. The summed E-state index contributed by atoms with van der Waals surface area (Å²) in [6, 6.07) is 7.88. The minimum Gasteiger partial charge on any atom is -0.441 e. The van der Waals surface area contributed by atoms with E-state index in [4.69, 9.17) is 4.42 Å². The Kier molecular flexibility index (Phi) is 2.81. The molecule has 0 spiro atoms. The van der Waals surface area contributed by atoms with Crippen LogP contribution in [0.2, 0.25) is 0 Å². The third kappa shape index (κ3) is 2.24. The third-order valence-electron chi connectivity index (χ3n) is 2.19. The molecule has 1 aromatic carbocycles. The van der Waals surface area contributed by atoms with Crippen LogP contribution in [0.5, 0.6) is 0 Å². The molecule has 0 radical (unpaired) electrons.